The van der Waals surface area contributed by atoms with Crippen molar-refractivity contribution in [2.45, 2.75) is 4.90 Å². The highest BCUT2D eigenvalue weighted by Gasteiger charge is 2.30. The summed E-state index contributed by atoms with van der Waals surface area (Å²) in [7, 11) is -3.56. The molecule has 0 saturated carbocycles. The maximum Gasteiger partial charge on any atom is 0.264 e. The molecule has 0 bridgehead atoms. The molecule has 2 aromatic carbocycles. The van der Waals surface area contributed by atoms with E-state index in [0.29, 0.717) is 36.0 Å². The number of benzene rings is 2. The van der Waals surface area contributed by atoms with Crippen molar-refractivity contribution in [1.82, 2.24) is 9.21 Å². The second-order valence-electron chi connectivity index (χ2n) is 6.18. The molecule has 1 saturated heterocycles. The van der Waals surface area contributed by atoms with Gasteiger partial charge in [0.25, 0.3) is 5.91 Å². The van der Waals surface area contributed by atoms with Gasteiger partial charge in [-0.15, -0.1) is 11.3 Å². The molecule has 1 amide bonds. The summed E-state index contributed by atoms with van der Waals surface area (Å²) < 4.78 is 27.4. The van der Waals surface area contributed by atoms with Gasteiger partial charge < -0.3 is 4.90 Å². The fourth-order valence-electron chi connectivity index (χ4n) is 3.16. The van der Waals surface area contributed by atoms with Crippen LogP contribution in [0, 0.1) is 0 Å². The van der Waals surface area contributed by atoms with E-state index in [-0.39, 0.29) is 5.91 Å². The lowest BCUT2D eigenvalue weighted by Gasteiger charge is -2.33. The SMILES string of the molecule is O=C(c1cccs1)N1CCN(S(=O)(=O)c2ccc3ccccc3c2)CC1. The Morgan fingerprint density at radius 3 is 2.31 bits per heavy atom. The highest BCUT2D eigenvalue weighted by Crippen LogP contribution is 2.23. The Kier molecular flexibility index (Phi) is 4.52. The summed E-state index contributed by atoms with van der Waals surface area (Å²) >= 11 is 1.41. The van der Waals surface area contributed by atoms with E-state index in [9.17, 15) is 13.2 Å². The Hall–Kier alpha value is -2.22. The molecule has 5 nitrogen and oxygen atoms in total. The standard InChI is InChI=1S/C19H18N2O3S2/c22-19(18-6-3-13-25-18)20-9-11-21(12-10-20)26(23,24)17-8-7-15-4-1-2-5-16(15)14-17/h1-8,13-14H,9-12H2. The summed E-state index contributed by atoms with van der Waals surface area (Å²) in [5, 5.41) is 3.78. The molecule has 1 aromatic heterocycles. The molecule has 0 unspecified atom stereocenters. The van der Waals surface area contributed by atoms with Crippen LogP contribution in [0.3, 0.4) is 0 Å². The maximum atomic E-state index is 13.0. The molecule has 1 fully saturated rings. The molecule has 7 heteroatoms. The fraction of sp³-hybridized carbons (Fsp3) is 0.211. The van der Waals surface area contributed by atoms with E-state index in [1.807, 2.05) is 41.8 Å². The van der Waals surface area contributed by atoms with Crippen LogP contribution in [-0.4, -0.2) is 49.7 Å². The minimum Gasteiger partial charge on any atom is -0.335 e. The number of hydrogen-bond acceptors (Lipinski definition) is 4. The highest BCUT2D eigenvalue weighted by molar-refractivity contribution is 7.89. The van der Waals surface area contributed by atoms with Gasteiger partial charge in [-0.3, -0.25) is 4.79 Å². The van der Waals surface area contributed by atoms with Gasteiger partial charge in [0.2, 0.25) is 10.0 Å². The van der Waals surface area contributed by atoms with Crippen molar-refractivity contribution in [3.63, 3.8) is 0 Å². The molecule has 3 aromatic rings. The van der Waals surface area contributed by atoms with E-state index < -0.39 is 10.0 Å². The van der Waals surface area contributed by atoms with Crippen molar-refractivity contribution < 1.29 is 13.2 Å². The first-order valence-corrected chi connectivity index (χ1v) is 10.7. The van der Waals surface area contributed by atoms with Gasteiger partial charge in [-0.1, -0.05) is 36.4 Å². The van der Waals surface area contributed by atoms with E-state index in [4.69, 9.17) is 0 Å². The molecule has 26 heavy (non-hydrogen) atoms. The van der Waals surface area contributed by atoms with Crippen molar-refractivity contribution in [3.8, 4) is 0 Å². The molecule has 0 spiro atoms. The monoisotopic (exact) mass is 386 g/mol. The summed E-state index contributed by atoms with van der Waals surface area (Å²) in [6.07, 6.45) is 0. The van der Waals surface area contributed by atoms with E-state index in [1.165, 1.54) is 15.6 Å². The fourth-order valence-corrected chi connectivity index (χ4v) is 5.31. The predicted molar refractivity (Wildman–Crippen MR) is 103 cm³/mol. The van der Waals surface area contributed by atoms with Gasteiger partial charge in [-0.25, -0.2) is 8.42 Å². The predicted octanol–water partition coefficient (Wildman–Crippen LogP) is 3.05. The van der Waals surface area contributed by atoms with Gasteiger partial charge in [0.05, 0.1) is 9.77 Å². The lowest BCUT2D eigenvalue weighted by molar-refractivity contribution is 0.0703. The van der Waals surface area contributed by atoms with Crippen LogP contribution in [0.5, 0.6) is 0 Å². The van der Waals surface area contributed by atoms with Gasteiger partial charge in [0.15, 0.2) is 0 Å². The van der Waals surface area contributed by atoms with Gasteiger partial charge >= 0.3 is 0 Å². The van der Waals surface area contributed by atoms with Gasteiger partial charge in [0.1, 0.15) is 0 Å². The first kappa shape index (κ1) is 17.2. The molecule has 0 aliphatic carbocycles. The minimum absolute atomic E-state index is 0.0252. The summed E-state index contributed by atoms with van der Waals surface area (Å²) in [5.41, 5.74) is 0. The topological polar surface area (TPSA) is 57.7 Å². The second kappa shape index (κ2) is 6.83. The second-order valence-corrected chi connectivity index (χ2v) is 9.07. The van der Waals surface area contributed by atoms with Gasteiger partial charge in [0, 0.05) is 26.2 Å². The van der Waals surface area contributed by atoms with Crippen LogP contribution in [0.25, 0.3) is 10.8 Å². The summed E-state index contributed by atoms with van der Waals surface area (Å²) in [6.45, 7) is 1.44. The number of thiophene rings is 1. The number of amides is 1. The summed E-state index contributed by atoms with van der Waals surface area (Å²) in [6, 6.07) is 16.5. The zero-order chi connectivity index (χ0) is 18.1. The molecule has 0 atom stereocenters. The van der Waals surface area contributed by atoms with Gasteiger partial charge in [-0.2, -0.15) is 4.31 Å². The average molecular weight is 386 g/mol. The number of piperazine rings is 1. The third-order valence-electron chi connectivity index (χ3n) is 4.62. The zero-order valence-electron chi connectivity index (χ0n) is 14.0. The highest BCUT2D eigenvalue weighted by atomic mass is 32.2. The molecule has 0 radical (unpaired) electrons. The first-order valence-electron chi connectivity index (χ1n) is 8.37. The number of sulfonamides is 1. The molecule has 0 N–H and O–H groups in total. The molecule has 2 heterocycles. The van der Waals surface area contributed by atoms with Crippen LogP contribution in [0.15, 0.2) is 64.9 Å². The third kappa shape index (κ3) is 3.13. The number of carbonyl (C=O) groups is 1. The quantitative estimate of drug-likeness (QED) is 0.695. The van der Waals surface area contributed by atoms with Crippen LogP contribution in [-0.2, 0) is 10.0 Å². The Labute approximate surface area is 156 Å². The number of carbonyl (C=O) groups excluding carboxylic acids is 1. The van der Waals surface area contributed by atoms with Crippen molar-refractivity contribution >= 4 is 38.0 Å². The van der Waals surface area contributed by atoms with Crippen LogP contribution < -0.4 is 0 Å². The number of rotatable bonds is 3. The summed E-state index contributed by atoms with van der Waals surface area (Å²) in [5.74, 6) is -0.0252. The number of hydrogen-bond donors (Lipinski definition) is 0. The maximum absolute atomic E-state index is 13.0. The van der Waals surface area contributed by atoms with Gasteiger partial charge in [-0.05, 0) is 34.4 Å². The van der Waals surface area contributed by atoms with Crippen LogP contribution in [0.1, 0.15) is 9.67 Å². The zero-order valence-corrected chi connectivity index (χ0v) is 15.7. The molecule has 1 aliphatic rings. The molecule has 1 aliphatic heterocycles. The normalized spacial score (nSPS) is 16.1. The van der Waals surface area contributed by atoms with Crippen LogP contribution >= 0.6 is 11.3 Å². The van der Waals surface area contributed by atoms with Crippen molar-refractivity contribution in [1.29, 1.82) is 0 Å². The first-order chi connectivity index (χ1) is 12.6. The van der Waals surface area contributed by atoms with Crippen LogP contribution in [0.2, 0.25) is 0 Å². The Balaban J connectivity index is 1.51. The van der Waals surface area contributed by atoms with Crippen molar-refractivity contribution in [2.24, 2.45) is 0 Å². The average Bonchev–Trinajstić information content (AvgIpc) is 3.22. The Morgan fingerprint density at radius 2 is 1.62 bits per heavy atom. The third-order valence-corrected chi connectivity index (χ3v) is 7.37. The molecular formula is C19H18N2O3S2. The number of fused-ring (bicyclic) bond motifs is 1. The summed E-state index contributed by atoms with van der Waals surface area (Å²) in [4.78, 5) is 15.1. The molecule has 4 rings (SSSR count). The van der Waals surface area contributed by atoms with E-state index in [0.717, 1.165) is 10.8 Å². The molecule has 134 valence electrons. The van der Waals surface area contributed by atoms with Crippen molar-refractivity contribution in [3.05, 3.63) is 64.9 Å². The molecular weight excluding hydrogens is 368 g/mol. The van der Waals surface area contributed by atoms with E-state index >= 15 is 0 Å². The van der Waals surface area contributed by atoms with E-state index in [2.05, 4.69) is 0 Å². The smallest absolute Gasteiger partial charge is 0.264 e. The van der Waals surface area contributed by atoms with Crippen molar-refractivity contribution in [2.75, 3.05) is 26.2 Å². The lowest BCUT2D eigenvalue weighted by Crippen LogP contribution is -2.50. The Bertz CT molecular complexity index is 1040. The lowest BCUT2D eigenvalue weighted by atomic mass is 10.1. The minimum atomic E-state index is -3.56. The Morgan fingerprint density at radius 1 is 0.885 bits per heavy atom. The van der Waals surface area contributed by atoms with Crippen LogP contribution in [0.4, 0.5) is 0 Å². The largest absolute Gasteiger partial charge is 0.335 e. The number of nitrogens with zero attached hydrogens (tertiary/aromatic N) is 2. The van der Waals surface area contributed by atoms with E-state index in [1.54, 1.807) is 23.1 Å².